The highest BCUT2D eigenvalue weighted by Gasteiger charge is 2.23. The van der Waals surface area contributed by atoms with Crippen molar-refractivity contribution in [3.05, 3.63) is 65.0 Å². The Bertz CT molecular complexity index is 609. The molecule has 1 aliphatic rings. The van der Waals surface area contributed by atoms with Crippen molar-refractivity contribution >= 4 is 0 Å². The summed E-state index contributed by atoms with van der Waals surface area (Å²) in [6.07, 6.45) is 8.55. The third-order valence-electron chi connectivity index (χ3n) is 4.51. The van der Waals surface area contributed by atoms with E-state index in [1.54, 1.807) is 0 Å². The SMILES string of the molecule is Cc1cncc(C(CC2CCCc3ccccc32)NN)c1. The van der Waals surface area contributed by atoms with E-state index < -0.39 is 0 Å². The van der Waals surface area contributed by atoms with Crippen LogP contribution in [-0.2, 0) is 6.42 Å². The lowest BCUT2D eigenvalue weighted by Gasteiger charge is -2.29. The minimum Gasteiger partial charge on any atom is -0.271 e. The molecule has 0 radical (unpaired) electrons. The normalized spacial score (nSPS) is 19.0. The summed E-state index contributed by atoms with van der Waals surface area (Å²) in [6.45, 7) is 2.07. The minimum atomic E-state index is 0.161. The predicted octanol–water partition coefficient (Wildman–Crippen LogP) is 3.40. The van der Waals surface area contributed by atoms with Crippen LogP contribution in [0.2, 0.25) is 0 Å². The monoisotopic (exact) mass is 281 g/mol. The minimum absolute atomic E-state index is 0.161. The van der Waals surface area contributed by atoms with Crippen molar-refractivity contribution in [2.75, 3.05) is 0 Å². The van der Waals surface area contributed by atoms with Crippen LogP contribution in [-0.4, -0.2) is 4.98 Å². The maximum absolute atomic E-state index is 5.81. The van der Waals surface area contributed by atoms with Gasteiger partial charge in [-0.15, -0.1) is 0 Å². The maximum atomic E-state index is 5.81. The van der Waals surface area contributed by atoms with Gasteiger partial charge in [-0.1, -0.05) is 30.3 Å². The van der Waals surface area contributed by atoms with Crippen LogP contribution in [0.3, 0.4) is 0 Å². The molecule has 1 aliphatic carbocycles. The molecule has 0 saturated heterocycles. The van der Waals surface area contributed by atoms with Crippen LogP contribution in [0, 0.1) is 6.92 Å². The van der Waals surface area contributed by atoms with Gasteiger partial charge < -0.3 is 0 Å². The van der Waals surface area contributed by atoms with Crippen molar-refractivity contribution in [2.45, 2.75) is 44.6 Å². The standard InChI is InChI=1S/C18H23N3/c1-13-9-16(12-20-11-13)18(21-19)10-15-7-4-6-14-5-2-3-8-17(14)15/h2-3,5,8-9,11-12,15,18,21H,4,6-7,10,19H2,1H3. The van der Waals surface area contributed by atoms with Crippen molar-refractivity contribution in [1.29, 1.82) is 0 Å². The molecule has 1 aromatic carbocycles. The number of nitrogens with two attached hydrogens (primary N) is 1. The van der Waals surface area contributed by atoms with E-state index in [0.717, 1.165) is 6.42 Å². The smallest absolute Gasteiger partial charge is 0.0481 e. The summed E-state index contributed by atoms with van der Waals surface area (Å²) in [5.41, 5.74) is 8.35. The molecule has 3 rings (SSSR count). The lowest BCUT2D eigenvalue weighted by molar-refractivity contribution is 0.425. The van der Waals surface area contributed by atoms with E-state index in [1.807, 2.05) is 12.4 Å². The van der Waals surface area contributed by atoms with Crippen LogP contribution in [0.15, 0.2) is 42.7 Å². The van der Waals surface area contributed by atoms with Gasteiger partial charge in [-0.05, 0) is 60.8 Å². The number of aromatic nitrogens is 1. The van der Waals surface area contributed by atoms with Gasteiger partial charge in [-0.2, -0.15) is 0 Å². The second-order valence-electron chi connectivity index (χ2n) is 6.04. The van der Waals surface area contributed by atoms with Crippen LogP contribution in [0.5, 0.6) is 0 Å². The van der Waals surface area contributed by atoms with Gasteiger partial charge in [0.15, 0.2) is 0 Å². The van der Waals surface area contributed by atoms with Gasteiger partial charge in [0, 0.05) is 18.4 Å². The van der Waals surface area contributed by atoms with Crippen molar-refractivity contribution in [3.8, 4) is 0 Å². The average Bonchev–Trinajstić information content (AvgIpc) is 2.52. The van der Waals surface area contributed by atoms with E-state index in [1.165, 1.54) is 41.5 Å². The van der Waals surface area contributed by atoms with Crippen molar-refractivity contribution < 1.29 is 0 Å². The van der Waals surface area contributed by atoms with E-state index in [-0.39, 0.29) is 6.04 Å². The Labute approximate surface area is 126 Å². The van der Waals surface area contributed by atoms with Gasteiger partial charge in [0.1, 0.15) is 0 Å². The first-order valence-electron chi connectivity index (χ1n) is 7.73. The molecule has 1 aromatic heterocycles. The molecule has 0 saturated carbocycles. The summed E-state index contributed by atoms with van der Waals surface area (Å²) < 4.78 is 0. The molecule has 0 spiro atoms. The summed E-state index contributed by atoms with van der Waals surface area (Å²) >= 11 is 0. The van der Waals surface area contributed by atoms with E-state index in [4.69, 9.17) is 5.84 Å². The Balaban J connectivity index is 1.82. The highest BCUT2D eigenvalue weighted by Crippen LogP contribution is 2.37. The molecule has 110 valence electrons. The summed E-state index contributed by atoms with van der Waals surface area (Å²) in [4.78, 5) is 4.29. The largest absolute Gasteiger partial charge is 0.271 e. The molecule has 2 unspecified atom stereocenters. The number of hydrogen-bond acceptors (Lipinski definition) is 3. The van der Waals surface area contributed by atoms with Crippen molar-refractivity contribution in [3.63, 3.8) is 0 Å². The van der Waals surface area contributed by atoms with E-state index >= 15 is 0 Å². The highest BCUT2D eigenvalue weighted by atomic mass is 15.2. The number of benzene rings is 1. The number of rotatable bonds is 4. The summed E-state index contributed by atoms with van der Waals surface area (Å²) in [6, 6.07) is 11.2. The molecule has 3 N–H and O–H groups in total. The Morgan fingerprint density at radius 2 is 2.19 bits per heavy atom. The summed E-state index contributed by atoms with van der Waals surface area (Å²) in [5, 5.41) is 0. The van der Waals surface area contributed by atoms with Crippen LogP contribution < -0.4 is 11.3 Å². The highest BCUT2D eigenvalue weighted by molar-refractivity contribution is 5.33. The zero-order valence-corrected chi connectivity index (χ0v) is 12.5. The van der Waals surface area contributed by atoms with E-state index in [2.05, 4.69) is 47.7 Å². The predicted molar refractivity (Wildman–Crippen MR) is 85.8 cm³/mol. The Kier molecular flexibility index (Phi) is 4.32. The molecule has 2 aromatic rings. The Morgan fingerprint density at radius 3 is 3.00 bits per heavy atom. The fraction of sp³-hybridized carbons (Fsp3) is 0.389. The molecule has 21 heavy (non-hydrogen) atoms. The topological polar surface area (TPSA) is 50.9 Å². The zero-order valence-electron chi connectivity index (χ0n) is 12.5. The van der Waals surface area contributed by atoms with Gasteiger partial charge >= 0.3 is 0 Å². The molecule has 0 bridgehead atoms. The first kappa shape index (κ1) is 14.2. The van der Waals surface area contributed by atoms with Crippen LogP contribution in [0.25, 0.3) is 0 Å². The molecule has 2 atom stereocenters. The van der Waals surface area contributed by atoms with Gasteiger partial charge in [0.05, 0.1) is 0 Å². The lowest BCUT2D eigenvalue weighted by atomic mass is 9.79. The van der Waals surface area contributed by atoms with Crippen LogP contribution >= 0.6 is 0 Å². The first-order chi connectivity index (χ1) is 10.3. The fourth-order valence-corrected chi connectivity index (χ4v) is 3.45. The first-order valence-corrected chi connectivity index (χ1v) is 7.73. The fourth-order valence-electron chi connectivity index (χ4n) is 3.45. The number of aryl methyl sites for hydroxylation is 2. The molecule has 0 aliphatic heterocycles. The van der Waals surface area contributed by atoms with E-state index in [0.29, 0.717) is 5.92 Å². The Morgan fingerprint density at radius 1 is 1.33 bits per heavy atom. The van der Waals surface area contributed by atoms with E-state index in [9.17, 15) is 0 Å². The zero-order chi connectivity index (χ0) is 14.7. The molecule has 0 amide bonds. The number of pyridine rings is 1. The van der Waals surface area contributed by atoms with Gasteiger partial charge in [0.25, 0.3) is 0 Å². The molecular weight excluding hydrogens is 258 g/mol. The number of nitrogens with zero attached hydrogens (tertiary/aromatic N) is 1. The van der Waals surface area contributed by atoms with Crippen LogP contribution in [0.4, 0.5) is 0 Å². The summed E-state index contributed by atoms with van der Waals surface area (Å²) in [5.74, 6) is 6.39. The molecule has 3 nitrogen and oxygen atoms in total. The lowest BCUT2D eigenvalue weighted by Crippen LogP contribution is -2.30. The van der Waals surface area contributed by atoms with Crippen LogP contribution in [0.1, 0.15) is 53.5 Å². The molecule has 1 heterocycles. The van der Waals surface area contributed by atoms with Crippen molar-refractivity contribution in [1.82, 2.24) is 10.4 Å². The second-order valence-corrected chi connectivity index (χ2v) is 6.04. The third-order valence-corrected chi connectivity index (χ3v) is 4.51. The van der Waals surface area contributed by atoms with Crippen molar-refractivity contribution in [2.24, 2.45) is 5.84 Å². The third kappa shape index (κ3) is 3.14. The number of hydrazine groups is 1. The quantitative estimate of drug-likeness (QED) is 0.667. The van der Waals surface area contributed by atoms with Gasteiger partial charge in [0.2, 0.25) is 0 Å². The van der Waals surface area contributed by atoms with Gasteiger partial charge in [-0.3, -0.25) is 16.3 Å². The van der Waals surface area contributed by atoms with Gasteiger partial charge in [-0.25, -0.2) is 0 Å². The maximum Gasteiger partial charge on any atom is 0.0481 e. The molecular formula is C18H23N3. The Hall–Kier alpha value is -1.71. The average molecular weight is 281 g/mol. The molecule has 3 heteroatoms. The molecule has 0 fully saturated rings. The number of nitrogens with one attached hydrogen (secondary N) is 1. The second kappa shape index (κ2) is 6.37. The number of hydrogen-bond donors (Lipinski definition) is 2. The number of fused-ring (bicyclic) bond motifs is 1. The summed E-state index contributed by atoms with van der Waals surface area (Å²) in [7, 11) is 0.